The summed E-state index contributed by atoms with van der Waals surface area (Å²) < 4.78 is 33.5. The number of carboxylic acid groups (broad SMARTS) is 1. The molecule has 2 unspecified atom stereocenters. The number of hydrogen-bond donors (Lipinski definition) is 4. The van der Waals surface area contributed by atoms with E-state index in [-0.39, 0.29) is 41.8 Å². The Morgan fingerprint density at radius 3 is 2.17 bits per heavy atom. The third-order valence-electron chi connectivity index (χ3n) is 14.4. The van der Waals surface area contributed by atoms with E-state index in [0.717, 1.165) is 6.42 Å². The Hall–Kier alpha value is -1.44. The number of carboxylic acids is 1. The first kappa shape index (κ1) is 42.7. The van der Waals surface area contributed by atoms with Crippen molar-refractivity contribution in [3.63, 3.8) is 0 Å². The van der Waals surface area contributed by atoms with Crippen molar-refractivity contribution in [2.75, 3.05) is 0 Å². The molecule has 4 N–H and O–H groups in total. The number of carbonyl (C=O) groups excluding carboxylic acids is 1. The van der Waals surface area contributed by atoms with E-state index < -0.39 is 76.8 Å². The molecule has 5 aliphatic heterocycles. The summed E-state index contributed by atoms with van der Waals surface area (Å²) in [6.07, 6.45) is 5.51. The number of hydrogen-bond acceptors (Lipinski definition) is 10. The Labute approximate surface area is 317 Å². The van der Waals surface area contributed by atoms with Crippen LogP contribution < -0.4 is 0 Å². The summed E-state index contributed by atoms with van der Waals surface area (Å²) in [5.74, 6) is -5.78. The molecule has 5 aliphatic rings. The van der Waals surface area contributed by atoms with E-state index in [1.165, 1.54) is 0 Å². The van der Waals surface area contributed by atoms with Crippen molar-refractivity contribution in [2.45, 2.75) is 199 Å². The van der Waals surface area contributed by atoms with Gasteiger partial charge in [0.15, 0.2) is 5.79 Å². The molecule has 2 spiro atoms. The third kappa shape index (κ3) is 7.94. The zero-order valence-electron chi connectivity index (χ0n) is 34.0. The summed E-state index contributed by atoms with van der Waals surface area (Å²) in [6, 6.07) is 0. The van der Waals surface area contributed by atoms with Gasteiger partial charge in [-0.1, -0.05) is 55.4 Å². The molecule has 0 aromatic heterocycles. The highest BCUT2D eigenvalue weighted by Crippen LogP contribution is 2.54. The number of aliphatic carboxylic acids is 1. The Bertz CT molecular complexity index is 1320. The number of Topliss-reactive ketones (excluding diaryl/α,β-unsaturated/α-hetero) is 1. The first-order chi connectivity index (χ1) is 24.8. The van der Waals surface area contributed by atoms with Crippen molar-refractivity contribution in [3.8, 4) is 0 Å². The maximum absolute atomic E-state index is 14.4. The number of ketones is 1. The van der Waals surface area contributed by atoms with Crippen LogP contribution in [0.25, 0.3) is 0 Å². The molecule has 304 valence electrons. The average molecular weight is 751 g/mol. The highest BCUT2D eigenvalue weighted by Gasteiger charge is 2.63. The van der Waals surface area contributed by atoms with Crippen molar-refractivity contribution >= 4 is 11.8 Å². The summed E-state index contributed by atoms with van der Waals surface area (Å²) >= 11 is 0. The van der Waals surface area contributed by atoms with Crippen molar-refractivity contribution in [1.82, 2.24) is 0 Å². The van der Waals surface area contributed by atoms with E-state index in [1.54, 1.807) is 19.1 Å². The molecule has 11 heteroatoms. The SMILES string of the molecule is CCC(C(=O)[C@@H](C)[C@@H](O)[C@H](C)[C@@H]1O[C@@H](C(CC)C(=O)O)CC[C@@H]1C)[C@H]1O[C@]2(C=C[C@@H](O)[C@]3(CC[C@@](C)([C@H]4CC[C@](O)(CC)[C@H](C)O4)O3)O2)[C@H](C)C[C@@H]1C. The second kappa shape index (κ2) is 16.2. The van der Waals surface area contributed by atoms with Gasteiger partial charge in [0, 0.05) is 30.1 Å². The lowest BCUT2D eigenvalue weighted by Gasteiger charge is -2.54. The Morgan fingerprint density at radius 1 is 0.887 bits per heavy atom. The molecule has 0 amide bonds. The third-order valence-corrected chi connectivity index (χ3v) is 14.4. The Morgan fingerprint density at radius 2 is 1.57 bits per heavy atom. The number of aliphatic hydroxyl groups is 3. The summed E-state index contributed by atoms with van der Waals surface area (Å²) in [4.78, 5) is 26.4. The summed E-state index contributed by atoms with van der Waals surface area (Å²) in [5, 5.41) is 44.0. The largest absolute Gasteiger partial charge is 0.481 e. The zero-order chi connectivity index (χ0) is 39.3. The quantitative estimate of drug-likeness (QED) is 0.169. The van der Waals surface area contributed by atoms with Crippen LogP contribution in [0.15, 0.2) is 12.2 Å². The fourth-order valence-corrected chi connectivity index (χ4v) is 10.5. The first-order valence-corrected chi connectivity index (χ1v) is 20.7. The van der Waals surface area contributed by atoms with Gasteiger partial charge in [-0.15, -0.1) is 0 Å². The predicted octanol–water partition coefficient (Wildman–Crippen LogP) is 6.19. The van der Waals surface area contributed by atoms with Gasteiger partial charge in [-0.25, -0.2) is 0 Å². The lowest BCUT2D eigenvalue weighted by Crippen LogP contribution is -2.63. The van der Waals surface area contributed by atoms with Gasteiger partial charge in [-0.05, 0) is 95.6 Å². The van der Waals surface area contributed by atoms with Crippen molar-refractivity contribution in [1.29, 1.82) is 0 Å². The molecule has 0 saturated carbocycles. The zero-order valence-corrected chi connectivity index (χ0v) is 34.0. The van der Waals surface area contributed by atoms with Crippen molar-refractivity contribution in [3.05, 3.63) is 12.2 Å². The smallest absolute Gasteiger partial charge is 0.309 e. The Balaban J connectivity index is 1.31. The highest BCUT2D eigenvalue weighted by molar-refractivity contribution is 5.84. The van der Waals surface area contributed by atoms with Crippen LogP contribution >= 0.6 is 0 Å². The molecule has 0 aliphatic carbocycles. The molecule has 5 heterocycles. The van der Waals surface area contributed by atoms with Crippen LogP contribution in [0.5, 0.6) is 0 Å². The van der Waals surface area contributed by atoms with Crippen LogP contribution in [-0.4, -0.2) is 97.7 Å². The number of carbonyl (C=O) groups is 2. The van der Waals surface area contributed by atoms with E-state index in [4.69, 9.17) is 23.7 Å². The Kier molecular flexibility index (Phi) is 13.0. The van der Waals surface area contributed by atoms with Gasteiger partial charge in [0.05, 0.1) is 53.7 Å². The van der Waals surface area contributed by atoms with Crippen LogP contribution in [-0.2, 0) is 33.3 Å². The average Bonchev–Trinajstić information content (AvgIpc) is 3.47. The van der Waals surface area contributed by atoms with Crippen LogP contribution in [0.3, 0.4) is 0 Å². The van der Waals surface area contributed by atoms with E-state index >= 15 is 0 Å². The van der Waals surface area contributed by atoms with Gasteiger partial charge >= 0.3 is 5.97 Å². The second-order valence-electron chi connectivity index (χ2n) is 17.9. The molecule has 4 fully saturated rings. The lowest BCUT2D eigenvalue weighted by molar-refractivity contribution is -0.409. The van der Waals surface area contributed by atoms with Crippen LogP contribution in [0, 0.1) is 41.4 Å². The molecular weight excluding hydrogens is 680 g/mol. The molecule has 4 saturated heterocycles. The molecule has 18 atom stereocenters. The molecule has 11 nitrogen and oxygen atoms in total. The molecule has 0 aromatic carbocycles. The minimum atomic E-state index is -1.37. The van der Waals surface area contributed by atoms with Crippen LogP contribution in [0.4, 0.5) is 0 Å². The minimum absolute atomic E-state index is 0.0137. The van der Waals surface area contributed by atoms with Gasteiger partial charge in [0.25, 0.3) is 0 Å². The van der Waals surface area contributed by atoms with Gasteiger partial charge in [-0.3, -0.25) is 9.59 Å². The topological polar surface area (TPSA) is 161 Å². The highest BCUT2D eigenvalue weighted by atomic mass is 16.8. The normalized spacial score (nSPS) is 46.2. The molecule has 0 radical (unpaired) electrons. The van der Waals surface area contributed by atoms with Crippen LogP contribution in [0.1, 0.15) is 133 Å². The van der Waals surface area contributed by atoms with Gasteiger partial charge in [0.1, 0.15) is 11.9 Å². The molecule has 5 rings (SSSR count). The fraction of sp³-hybridized carbons (Fsp3) is 0.905. The summed E-state index contributed by atoms with van der Waals surface area (Å²) in [5.41, 5.74) is -1.63. The summed E-state index contributed by atoms with van der Waals surface area (Å²) in [6.45, 7) is 19.6. The fourth-order valence-electron chi connectivity index (χ4n) is 10.5. The lowest BCUT2D eigenvalue weighted by atomic mass is 9.72. The maximum atomic E-state index is 14.4. The van der Waals surface area contributed by atoms with Crippen molar-refractivity contribution < 1.29 is 53.7 Å². The molecule has 0 aromatic rings. The van der Waals surface area contributed by atoms with Gasteiger partial charge in [0.2, 0.25) is 5.79 Å². The standard InChI is InChI=1S/C42H70O11/c1-11-29(38(46)47)31-15-14-23(4)36(50-31)27(8)34(44)26(7)35(45)30(12-2)37-24(5)22-25(6)41(51-37)19-16-32(43)42(53-41)21-20-39(10,52-42)33-17-18-40(48,13-3)28(9)49-33/h16,19,23-34,36-37,43-44,48H,11-15,17-18,20-22H2,1-10H3,(H,46,47)/t23-,24-,25+,26-,27-,28-,29?,30?,31+,32+,33+,34+,36+,37-,39-,40+,41-,42-/m0/s1. The second-order valence-corrected chi connectivity index (χ2v) is 17.9. The van der Waals surface area contributed by atoms with Gasteiger partial charge in [-0.2, -0.15) is 0 Å². The minimum Gasteiger partial charge on any atom is -0.481 e. The first-order valence-electron chi connectivity index (χ1n) is 20.7. The molecule has 0 bridgehead atoms. The maximum Gasteiger partial charge on any atom is 0.309 e. The molecular formula is C42H70O11. The van der Waals surface area contributed by atoms with Gasteiger partial charge < -0.3 is 44.1 Å². The predicted molar refractivity (Wildman–Crippen MR) is 199 cm³/mol. The van der Waals surface area contributed by atoms with E-state index in [0.29, 0.717) is 57.8 Å². The number of ether oxygens (including phenoxy) is 5. The van der Waals surface area contributed by atoms with Crippen LogP contribution in [0.2, 0.25) is 0 Å². The molecule has 53 heavy (non-hydrogen) atoms. The monoisotopic (exact) mass is 750 g/mol. The summed E-state index contributed by atoms with van der Waals surface area (Å²) in [7, 11) is 0. The number of aliphatic hydroxyl groups excluding tert-OH is 2. The number of rotatable bonds is 12. The van der Waals surface area contributed by atoms with E-state index in [2.05, 4.69) is 20.8 Å². The van der Waals surface area contributed by atoms with Crippen molar-refractivity contribution in [2.24, 2.45) is 41.4 Å². The van der Waals surface area contributed by atoms with E-state index in [9.17, 15) is 30.0 Å². The van der Waals surface area contributed by atoms with E-state index in [1.807, 2.05) is 41.5 Å².